The molecular weight excluding hydrogens is 318 g/mol. The van der Waals surface area contributed by atoms with Crippen LogP contribution < -0.4 is 15.0 Å². The molecule has 0 saturated heterocycles. The SMILES string of the molecule is CN(C)c1ccc(-c2ccc3c(c2)OCC(C)(C)C3NC(=O)O)cn1. The third-order valence-corrected chi connectivity index (χ3v) is 4.51. The zero-order valence-corrected chi connectivity index (χ0v) is 14.9. The van der Waals surface area contributed by atoms with Crippen LogP contribution in [0.5, 0.6) is 5.75 Å². The van der Waals surface area contributed by atoms with Gasteiger partial charge >= 0.3 is 6.09 Å². The molecule has 0 bridgehead atoms. The van der Waals surface area contributed by atoms with E-state index in [1.165, 1.54) is 0 Å². The van der Waals surface area contributed by atoms with E-state index in [0.29, 0.717) is 12.4 Å². The van der Waals surface area contributed by atoms with Gasteiger partial charge in [0.2, 0.25) is 0 Å². The third kappa shape index (κ3) is 3.38. The summed E-state index contributed by atoms with van der Waals surface area (Å²) in [6.45, 7) is 4.44. The molecule has 0 radical (unpaired) electrons. The Hall–Kier alpha value is -2.76. The molecule has 0 fully saturated rings. The molecule has 6 heteroatoms. The van der Waals surface area contributed by atoms with Gasteiger partial charge in [0.15, 0.2) is 0 Å². The molecule has 1 aliphatic rings. The van der Waals surface area contributed by atoms with Gasteiger partial charge in [-0.3, -0.25) is 0 Å². The summed E-state index contributed by atoms with van der Waals surface area (Å²) in [5.74, 6) is 1.61. The molecule has 1 atom stereocenters. The van der Waals surface area contributed by atoms with Crippen LogP contribution in [0.25, 0.3) is 11.1 Å². The van der Waals surface area contributed by atoms with E-state index in [4.69, 9.17) is 9.84 Å². The Morgan fingerprint density at radius 1 is 1.28 bits per heavy atom. The average molecular weight is 341 g/mol. The highest BCUT2D eigenvalue weighted by Crippen LogP contribution is 2.44. The Labute approximate surface area is 147 Å². The molecule has 3 rings (SSSR count). The molecule has 1 aromatic carbocycles. The Morgan fingerprint density at radius 3 is 2.60 bits per heavy atom. The number of carbonyl (C=O) groups is 1. The lowest BCUT2D eigenvalue weighted by atomic mass is 9.78. The molecule has 2 aromatic rings. The van der Waals surface area contributed by atoms with Crippen LogP contribution in [0.1, 0.15) is 25.5 Å². The minimum atomic E-state index is -1.03. The molecule has 1 aliphatic heterocycles. The van der Waals surface area contributed by atoms with Crippen LogP contribution >= 0.6 is 0 Å². The van der Waals surface area contributed by atoms with Crippen molar-refractivity contribution in [3.8, 4) is 16.9 Å². The maximum absolute atomic E-state index is 11.2. The van der Waals surface area contributed by atoms with E-state index in [2.05, 4.69) is 10.3 Å². The van der Waals surface area contributed by atoms with E-state index in [1.54, 1.807) is 0 Å². The van der Waals surface area contributed by atoms with Gasteiger partial charge in [0.1, 0.15) is 11.6 Å². The first-order chi connectivity index (χ1) is 11.8. The second-order valence-corrected chi connectivity index (χ2v) is 7.21. The van der Waals surface area contributed by atoms with Crippen molar-refractivity contribution in [2.24, 2.45) is 5.41 Å². The summed E-state index contributed by atoms with van der Waals surface area (Å²) in [6, 6.07) is 9.54. The lowest BCUT2D eigenvalue weighted by Gasteiger charge is -2.39. The summed E-state index contributed by atoms with van der Waals surface area (Å²) in [7, 11) is 3.90. The van der Waals surface area contributed by atoms with Gasteiger partial charge in [0, 0.05) is 36.8 Å². The normalized spacial score (nSPS) is 18.0. The summed E-state index contributed by atoms with van der Waals surface area (Å²) in [4.78, 5) is 17.6. The largest absolute Gasteiger partial charge is 0.493 e. The summed E-state index contributed by atoms with van der Waals surface area (Å²) < 4.78 is 5.91. The quantitative estimate of drug-likeness (QED) is 0.893. The Balaban J connectivity index is 1.95. The van der Waals surface area contributed by atoms with E-state index in [1.807, 2.05) is 69.4 Å². The van der Waals surface area contributed by atoms with Crippen LogP contribution in [0.15, 0.2) is 36.5 Å². The first kappa shape index (κ1) is 17.1. The first-order valence-electron chi connectivity index (χ1n) is 8.18. The van der Waals surface area contributed by atoms with E-state index < -0.39 is 6.09 Å². The predicted molar refractivity (Wildman–Crippen MR) is 97.2 cm³/mol. The van der Waals surface area contributed by atoms with Crippen molar-refractivity contribution in [3.05, 3.63) is 42.1 Å². The van der Waals surface area contributed by atoms with E-state index in [0.717, 1.165) is 22.5 Å². The fourth-order valence-electron chi connectivity index (χ4n) is 3.06. The van der Waals surface area contributed by atoms with Gasteiger partial charge in [0.25, 0.3) is 0 Å². The molecule has 132 valence electrons. The third-order valence-electron chi connectivity index (χ3n) is 4.51. The van der Waals surface area contributed by atoms with Crippen molar-refractivity contribution in [2.45, 2.75) is 19.9 Å². The number of amides is 1. The van der Waals surface area contributed by atoms with Crippen LogP contribution in [0.4, 0.5) is 10.6 Å². The number of hydrogen-bond acceptors (Lipinski definition) is 4. The molecule has 25 heavy (non-hydrogen) atoms. The van der Waals surface area contributed by atoms with E-state index >= 15 is 0 Å². The number of pyridine rings is 1. The number of nitrogens with one attached hydrogen (secondary N) is 1. The molecule has 0 aliphatic carbocycles. The highest BCUT2D eigenvalue weighted by Gasteiger charge is 2.38. The Morgan fingerprint density at radius 2 is 2.00 bits per heavy atom. The van der Waals surface area contributed by atoms with Crippen LogP contribution in [0.3, 0.4) is 0 Å². The number of carboxylic acid groups (broad SMARTS) is 1. The number of nitrogens with zero attached hydrogens (tertiary/aromatic N) is 2. The lowest BCUT2D eigenvalue weighted by Crippen LogP contribution is -2.43. The summed E-state index contributed by atoms with van der Waals surface area (Å²) >= 11 is 0. The number of hydrogen-bond donors (Lipinski definition) is 2. The zero-order valence-electron chi connectivity index (χ0n) is 14.9. The summed E-state index contributed by atoms with van der Waals surface area (Å²) in [6.07, 6.45) is 0.801. The van der Waals surface area contributed by atoms with Gasteiger partial charge < -0.3 is 20.1 Å². The fourth-order valence-corrected chi connectivity index (χ4v) is 3.06. The number of fused-ring (bicyclic) bond motifs is 1. The number of anilines is 1. The average Bonchev–Trinajstić information content (AvgIpc) is 2.57. The molecule has 1 unspecified atom stereocenters. The standard InChI is InChI=1S/C19H23N3O3/c1-19(2)11-25-15-9-12(5-7-14(15)17(19)21-18(23)24)13-6-8-16(20-10-13)22(3)4/h5-10,17,21H,11H2,1-4H3,(H,23,24). The molecular formula is C19H23N3O3. The zero-order chi connectivity index (χ0) is 18.2. The molecule has 1 aromatic heterocycles. The molecule has 2 heterocycles. The van der Waals surface area contributed by atoms with Gasteiger partial charge in [-0.25, -0.2) is 9.78 Å². The van der Waals surface area contributed by atoms with Crippen molar-refractivity contribution < 1.29 is 14.6 Å². The fraction of sp³-hybridized carbons (Fsp3) is 0.368. The monoisotopic (exact) mass is 341 g/mol. The Kier molecular flexibility index (Phi) is 4.29. The molecule has 0 spiro atoms. The van der Waals surface area contributed by atoms with Crippen LogP contribution in [-0.2, 0) is 0 Å². The van der Waals surface area contributed by atoms with Gasteiger partial charge in [-0.1, -0.05) is 26.0 Å². The number of ether oxygens (including phenoxy) is 1. The predicted octanol–water partition coefficient (Wildman–Crippen LogP) is 3.54. The first-order valence-corrected chi connectivity index (χ1v) is 8.18. The number of aromatic nitrogens is 1. The number of benzene rings is 1. The molecule has 1 amide bonds. The lowest BCUT2D eigenvalue weighted by molar-refractivity contribution is 0.0996. The number of rotatable bonds is 3. The van der Waals surface area contributed by atoms with Crippen molar-refractivity contribution in [3.63, 3.8) is 0 Å². The van der Waals surface area contributed by atoms with Crippen molar-refractivity contribution in [2.75, 3.05) is 25.6 Å². The topological polar surface area (TPSA) is 74.7 Å². The second-order valence-electron chi connectivity index (χ2n) is 7.21. The van der Waals surface area contributed by atoms with Gasteiger partial charge in [-0.05, 0) is 23.8 Å². The summed E-state index contributed by atoms with van der Waals surface area (Å²) in [5, 5.41) is 11.8. The van der Waals surface area contributed by atoms with Crippen molar-refractivity contribution in [1.29, 1.82) is 0 Å². The van der Waals surface area contributed by atoms with E-state index in [-0.39, 0.29) is 11.5 Å². The van der Waals surface area contributed by atoms with E-state index in [9.17, 15) is 4.79 Å². The van der Waals surface area contributed by atoms with Gasteiger partial charge in [-0.15, -0.1) is 0 Å². The van der Waals surface area contributed by atoms with Crippen LogP contribution in [0.2, 0.25) is 0 Å². The maximum atomic E-state index is 11.2. The Bertz CT molecular complexity index is 785. The minimum Gasteiger partial charge on any atom is -0.493 e. The van der Waals surface area contributed by atoms with Gasteiger partial charge in [0.05, 0.1) is 12.6 Å². The van der Waals surface area contributed by atoms with Crippen LogP contribution in [0, 0.1) is 5.41 Å². The molecule has 2 N–H and O–H groups in total. The summed E-state index contributed by atoms with van der Waals surface area (Å²) in [5.41, 5.74) is 2.53. The maximum Gasteiger partial charge on any atom is 0.405 e. The van der Waals surface area contributed by atoms with Crippen molar-refractivity contribution >= 4 is 11.9 Å². The van der Waals surface area contributed by atoms with Crippen molar-refractivity contribution in [1.82, 2.24) is 10.3 Å². The molecule has 0 saturated carbocycles. The minimum absolute atomic E-state index is 0.308. The molecule has 6 nitrogen and oxygen atoms in total. The highest BCUT2D eigenvalue weighted by atomic mass is 16.5. The van der Waals surface area contributed by atoms with Crippen LogP contribution in [-0.4, -0.2) is 36.9 Å². The smallest absolute Gasteiger partial charge is 0.405 e. The highest BCUT2D eigenvalue weighted by molar-refractivity contribution is 5.69. The second kappa shape index (κ2) is 6.27. The van der Waals surface area contributed by atoms with Gasteiger partial charge in [-0.2, -0.15) is 0 Å².